The Labute approximate surface area is 152 Å². The van der Waals surface area contributed by atoms with Crippen molar-refractivity contribution in [2.75, 3.05) is 33.9 Å². The van der Waals surface area contributed by atoms with Gasteiger partial charge in [-0.3, -0.25) is 0 Å². The summed E-state index contributed by atoms with van der Waals surface area (Å²) in [5, 5.41) is 6.64. The van der Waals surface area contributed by atoms with Gasteiger partial charge in [0.15, 0.2) is 17.5 Å². The topological polar surface area (TPSA) is 64.1 Å². The molecular formula is C19H33N3O3. The van der Waals surface area contributed by atoms with Gasteiger partial charge in [-0.05, 0) is 38.0 Å². The van der Waals surface area contributed by atoms with E-state index in [0.717, 1.165) is 31.0 Å². The van der Waals surface area contributed by atoms with Crippen molar-refractivity contribution in [3.63, 3.8) is 0 Å². The molecule has 6 nitrogen and oxygen atoms in total. The van der Waals surface area contributed by atoms with E-state index in [1.807, 2.05) is 19.1 Å². The Morgan fingerprint density at radius 1 is 1.00 bits per heavy atom. The number of rotatable bonds is 11. The molecule has 0 radical (unpaired) electrons. The summed E-state index contributed by atoms with van der Waals surface area (Å²) in [7, 11) is 3.26. The predicted molar refractivity (Wildman–Crippen MR) is 103 cm³/mol. The highest BCUT2D eigenvalue weighted by Gasteiger charge is 2.13. The van der Waals surface area contributed by atoms with Crippen LogP contribution in [-0.2, 0) is 6.54 Å². The molecule has 0 spiro atoms. The van der Waals surface area contributed by atoms with Gasteiger partial charge in [-0.1, -0.05) is 19.8 Å². The molecule has 25 heavy (non-hydrogen) atoms. The number of guanidine groups is 1. The summed E-state index contributed by atoms with van der Waals surface area (Å²) in [6.45, 7) is 9.03. The lowest BCUT2D eigenvalue weighted by Gasteiger charge is -2.15. The van der Waals surface area contributed by atoms with E-state index in [2.05, 4.69) is 29.5 Å². The fourth-order valence-electron chi connectivity index (χ4n) is 2.41. The quantitative estimate of drug-likeness (QED) is 0.364. The van der Waals surface area contributed by atoms with Gasteiger partial charge in [-0.2, -0.15) is 0 Å². The number of aliphatic imine (C=N–C) groups is 1. The van der Waals surface area contributed by atoms with Crippen molar-refractivity contribution in [1.82, 2.24) is 10.6 Å². The maximum atomic E-state index is 5.63. The number of hydrogen-bond acceptors (Lipinski definition) is 4. The van der Waals surface area contributed by atoms with Gasteiger partial charge < -0.3 is 24.8 Å². The molecule has 0 aliphatic heterocycles. The molecule has 1 rings (SSSR count). The third-order valence-corrected chi connectivity index (χ3v) is 3.65. The fraction of sp³-hybridized carbons (Fsp3) is 0.632. The lowest BCUT2D eigenvalue weighted by atomic mass is 10.2. The van der Waals surface area contributed by atoms with Crippen molar-refractivity contribution >= 4 is 5.96 Å². The fourth-order valence-corrected chi connectivity index (χ4v) is 2.41. The molecule has 0 amide bonds. The monoisotopic (exact) mass is 351 g/mol. The van der Waals surface area contributed by atoms with Crippen LogP contribution in [-0.4, -0.2) is 39.9 Å². The molecule has 0 saturated heterocycles. The molecule has 0 atom stereocenters. The SMILES string of the molecule is CCCCCNC(=NCc1cc(OC)c(OCC)c(OC)c1)NCC. The minimum Gasteiger partial charge on any atom is -0.493 e. The number of nitrogens with one attached hydrogen (secondary N) is 2. The number of methoxy groups -OCH3 is 2. The maximum Gasteiger partial charge on any atom is 0.203 e. The number of unbranched alkanes of at least 4 members (excludes halogenated alkanes) is 2. The molecule has 1 aromatic carbocycles. The van der Waals surface area contributed by atoms with Crippen molar-refractivity contribution in [3.8, 4) is 17.2 Å². The molecule has 0 heterocycles. The number of nitrogens with zero attached hydrogens (tertiary/aromatic N) is 1. The molecule has 2 N–H and O–H groups in total. The van der Waals surface area contributed by atoms with Crippen molar-refractivity contribution in [2.45, 2.75) is 46.6 Å². The number of benzene rings is 1. The van der Waals surface area contributed by atoms with Gasteiger partial charge >= 0.3 is 0 Å². The van der Waals surface area contributed by atoms with Gasteiger partial charge in [0.25, 0.3) is 0 Å². The Bertz CT molecular complexity index is 508. The molecule has 0 saturated carbocycles. The largest absolute Gasteiger partial charge is 0.493 e. The van der Waals surface area contributed by atoms with Crippen molar-refractivity contribution < 1.29 is 14.2 Å². The van der Waals surface area contributed by atoms with E-state index in [9.17, 15) is 0 Å². The first-order valence-corrected chi connectivity index (χ1v) is 9.09. The summed E-state index contributed by atoms with van der Waals surface area (Å²) in [6, 6.07) is 3.88. The van der Waals surface area contributed by atoms with Crippen molar-refractivity contribution in [1.29, 1.82) is 0 Å². The first kappa shape index (κ1) is 20.9. The molecular weight excluding hydrogens is 318 g/mol. The third kappa shape index (κ3) is 7.11. The average Bonchev–Trinajstić information content (AvgIpc) is 2.63. The van der Waals surface area contributed by atoms with Gasteiger partial charge in [0.05, 0.1) is 27.4 Å². The molecule has 142 valence electrons. The minimum atomic E-state index is 0.530. The number of ether oxygens (including phenoxy) is 3. The lowest BCUT2D eigenvalue weighted by Crippen LogP contribution is -2.37. The summed E-state index contributed by atoms with van der Waals surface area (Å²) in [5.41, 5.74) is 1.00. The van der Waals surface area contributed by atoms with Gasteiger partial charge in [-0.15, -0.1) is 0 Å². The van der Waals surface area contributed by atoms with Gasteiger partial charge in [0.2, 0.25) is 5.75 Å². The molecule has 0 aliphatic rings. The first-order valence-electron chi connectivity index (χ1n) is 9.09. The molecule has 0 aliphatic carbocycles. The zero-order chi connectivity index (χ0) is 18.5. The Morgan fingerprint density at radius 3 is 2.20 bits per heavy atom. The van der Waals surface area contributed by atoms with Crippen LogP contribution in [0.2, 0.25) is 0 Å². The lowest BCUT2D eigenvalue weighted by molar-refractivity contribution is 0.288. The molecule has 1 aromatic rings. The molecule has 0 fully saturated rings. The summed E-state index contributed by atoms with van der Waals surface area (Å²) in [4.78, 5) is 4.65. The number of hydrogen-bond donors (Lipinski definition) is 2. The second kappa shape index (κ2) is 12.3. The molecule has 6 heteroatoms. The van der Waals surface area contributed by atoms with Crippen LogP contribution in [0.1, 0.15) is 45.6 Å². The average molecular weight is 351 g/mol. The smallest absolute Gasteiger partial charge is 0.203 e. The first-order chi connectivity index (χ1) is 12.2. The van der Waals surface area contributed by atoms with Crippen LogP contribution >= 0.6 is 0 Å². The summed E-state index contributed by atoms with van der Waals surface area (Å²) < 4.78 is 16.5. The Kier molecular flexibility index (Phi) is 10.3. The van der Waals surface area contributed by atoms with Gasteiger partial charge in [-0.25, -0.2) is 4.99 Å². The zero-order valence-corrected chi connectivity index (χ0v) is 16.3. The summed E-state index contributed by atoms with van der Waals surface area (Å²) in [6.07, 6.45) is 3.58. The highest BCUT2D eigenvalue weighted by atomic mass is 16.5. The van der Waals surface area contributed by atoms with Crippen LogP contribution in [0.5, 0.6) is 17.2 Å². The molecule has 0 bridgehead atoms. The van der Waals surface area contributed by atoms with E-state index >= 15 is 0 Å². The second-order valence-electron chi connectivity index (χ2n) is 5.59. The molecule has 0 aromatic heterocycles. The molecule has 0 unspecified atom stereocenters. The van der Waals surface area contributed by atoms with Crippen LogP contribution in [0.15, 0.2) is 17.1 Å². The highest BCUT2D eigenvalue weighted by molar-refractivity contribution is 5.79. The summed E-state index contributed by atoms with van der Waals surface area (Å²) in [5.74, 6) is 2.77. The van der Waals surface area contributed by atoms with Crippen molar-refractivity contribution in [2.24, 2.45) is 4.99 Å². The standard InChI is InChI=1S/C19H33N3O3/c1-6-9-10-11-21-19(20-7-2)22-14-15-12-16(23-4)18(25-8-3)17(13-15)24-5/h12-13H,6-11,14H2,1-5H3,(H2,20,21,22). The van der Waals surface area contributed by atoms with Crippen molar-refractivity contribution in [3.05, 3.63) is 17.7 Å². The zero-order valence-electron chi connectivity index (χ0n) is 16.3. The Hall–Kier alpha value is -2.11. The Balaban J connectivity index is 2.87. The van der Waals surface area contributed by atoms with E-state index in [4.69, 9.17) is 14.2 Å². The normalized spacial score (nSPS) is 11.2. The highest BCUT2D eigenvalue weighted by Crippen LogP contribution is 2.38. The van der Waals surface area contributed by atoms with Crippen LogP contribution in [0.3, 0.4) is 0 Å². The van der Waals surface area contributed by atoms with E-state index in [1.54, 1.807) is 14.2 Å². The van der Waals surface area contributed by atoms with E-state index in [0.29, 0.717) is 30.4 Å². The third-order valence-electron chi connectivity index (χ3n) is 3.65. The van der Waals surface area contributed by atoms with E-state index < -0.39 is 0 Å². The van der Waals surface area contributed by atoms with Gasteiger partial charge in [0.1, 0.15) is 0 Å². The van der Waals surface area contributed by atoms with E-state index in [1.165, 1.54) is 12.8 Å². The van der Waals surface area contributed by atoms with Crippen LogP contribution in [0.25, 0.3) is 0 Å². The van der Waals surface area contributed by atoms with Crippen LogP contribution in [0, 0.1) is 0 Å². The summed E-state index contributed by atoms with van der Waals surface area (Å²) >= 11 is 0. The predicted octanol–water partition coefficient (Wildman–Crippen LogP) is 3.35. The van der Waals surface area contributed by atoms with Crippen LogP contribution < -0.4 is 24.8 Å². The van der Waals surface area contributed by atoms with Crippen LogP contribution in [0.4, 0.5) is 0 Å². The second-order valence-corrected chi connectivity index (χ2v) is 5.59. The minimum absolute atomic E-state index is 0.530. The maximum absolute atomic E-state index is 5.63. The van der Waals surface area contributed by atoms with E-state index in [-0.39, 0.29) is 0 Å². The van der Waals surface area contributed by atoms with Gasteiger partial charge in [0, 0.05) is 13.1 Å². The Morgan fingerprint density at radius 2 is 1.68 bits per heavy atom.